The monoisotopic (exact) mass is 429 g/mol. The quantitative estimate of drug-likeness (QED) is 0.523. The Kier molecular flexibility index (Phi) is 5.55. The average molecular weight is 430 g/mol. The summed E-state index contributed by atoms with van der Waals surface area (Å²) in [6, 6.07) is -0.214. The van der Waals surface area contributed by atoms with Crippen molar-refractivity contribution in [1.29, 1.82) is 0 Å². The number of fused-ring (bicyclic) bond motifs is 1. The number of halogens is 3. The normalized spacial score (nSPS) is 19.9. The van der Waals surface area contributed by atoms with E-state index in [0.29, 0.717) is 24.2 Å². The van der Waals surface area contributed by atoms with Gasteiger partial charge in [0.15, 0.2) is 11.0 Å². The van der Waals surface area contributed by atoms with Crippen molar-refractivity contribution in [3.8, 4) is 0 Å². The van der Waals surface area contributed by atoms with Crippen LogP contribution in [0.15, 0.2) is 6.20 Å². The van der Waals surface area contributed by atoms with Gasteiger partial charge in [-0.15, -0.1) is 0 Å². The van der Waals surface area contributed by atoms with Crippen molar-refractivity contribution in [3.05, 3.63) is 22.5 Å². The van der Waals surface area contributed by atoms with E-state index in [-0.39, 0.29) is 34.1 Å². The van der Waals surface area contributed by atoms with Crippen molar-refractivity contribution in [3.63, 3.8) is 0 Å². The van der Waals surface area contributed by atoms with Gasteiger partial charge in [-0.1, -0.05) is 11.6 Å². The van der Waals surface area contributed by atoms with Crippen LogP contribution in [-0.4, -0.2) is 57.2 Å². The summed E-state index contributed by atoms with van der Waals surface area (Å²) in [6.45, 7) is 7.98. The van der Waals surface area contributed by atoms with Gasteiger partial charge in [0.05, 0.1) is 17.5 Å². The fourth-order valence-corrected chi connectivity index (χ4v) is 3.74. The molecule has 28 heavy (non-hydrogen) atoms. The van der Waals surface area contributed by atoms with E-state index in [4.69, 9.17) is 27.9 Å². The number of nitrogens with zero attached hydrogens (tertiary/aromatic N) is 5. The third-order valence-corrected chi connectivity index (χ3v) is 5.20. The lowest BCUT2D eigenvalue weighted by molar-refractivity contribution is 0.0233. The van der Waals surface area contributed by atoms with Crippen LogP contribution in [0.5, 0.6) is 0 Å². The minimum atomic E-state index is -0.743. The SMILES string of the molecule is C[C@@H]1[C@@H](N(C)c2nc(Cl)nc3c(F)c(Cl)ncc23)CCN1C(=O)OC(C)(C)C. The van der Waals surface area contributed by atoms with E-state index >= 15 is 0 Å². The molecule has 1 aliphatic heterocycles. The Labute approximate surface area is 172 Å². The van der Waals surface area contributed by atoms with E-state index in [1.165, 1.54) is 6.20 Å². The molecule has 2 aromatic heterocycles. The molecule has 3 heterocycles. The van der Waals surface area contributed by atoms with Crippen LogP contribution in [-0.2, 0) is 4.74 Å². The molecule has 7 nitrogen and oxygen atoms in total. The first kappa shape index (κ1) is 20.8. The summed E-state index contributed by atoms with van der Waals surface area (Å²) in [7, 11) is 1.82. The number of carbonyl (C=O) groups excluding carboxylic acids is 1. The second kappa shape index (κ2) is 7.48. The standard InChI is InChI=1S/C18H22Cl2FN5O2/c1-9-11(6-7-26(9)17(27)28-18(2,3)4)25(5)15-10-8-22-14(19)12(21)13(10)23-16(20)24-15/h8-9,11H,6-7H2,1-5H3/t9-,11+/m1/s1. The zero-order valence-electron chi connectivity index (χ0n) is 16.3. The molecule has 0 radical (unpaired) electrons. The first-order valence-corrected chi connectivity index (χ1v) is 9.65. The molecule has 0 saturated carbocycles. The summed E-state index contributed by atoms with van der Waals surface area (Å²) >= 11 is 11.8. The number of anilines is 1. The Morgan fingerprint density at radius 3 is 2.68 bits per heavy atom. The predicted molar refractivity (Wildman–Crippen MR) is 107 cm³/mol. The summed E-state index contributed by atoms with van der Waals surface area (Å²) < 4.78 is 19.9. The average Bonchev–Trinajstić information content (AvgIpc) is 2.97. The van der Waals surface area contributed by atoms with Gasteiger partial charge in [-0.25, -0.2) is 19.2 Å². The van der Waals surface area contributed by atoms with Crippen LogP contribution >= 0.6 is 23.2 Å². The maximum atomic E-state index is 14.4. The van der Waals surface area contributed by atoms with Crippen LogP contribution in [0.4, 0.5) is 15.0 Å². The molecule has 0 aromatic carbocycles. The van der Waals surface area contributed by atoms with Crippen molar-refractivity contribution >= 4 is 46.0 Å². The number of ether oxygens (including phenoxy) is 1. The van der Waals surface area contributed by atoms with Crippen LogP contribution in [0, 0.1) is 5.82 Å². The van der Waals surface area contributed by atoms with Crippen LogP contribution < -0.4 is 4.90 Å². The molecule has 0 bridgehead atoms. The van der Waals surface area contributed by atoms with Crippen molar-refractivity contribution in [2.24, 2.45) is 0 Å². The summed E-state index contributed by atoms with van der Waals surface area (Å²) in [4.78, 5) is 28.1. The number of amides is 1. The number of likely N-dealkylation sites (tertiary alicyclic amines) is 1. The third kappa shape index (κ3) is 3.93. The second-order valence-corrected chi connectivity index (χ2v) is 8.52. The first-order chi connectivity index (χ1) is 13.0. The van der Waals surface area contributed by atoms with Gasteiger partial charge in [-0.2, -0.15) is 4.98 Å². The van der Waals surface area contributed by atoms with E-state index in [0.717, 1.165) is 0 Å². The zero-order valence-corrected chi connectivity index (χ0v) is 17.8. The third-order valence-electron chi connectivity index (χ3n) is 4.77. The number of hydrogen-bond donors (Lipinski definition) is 0. The minimum absolute atomic E-state index is 0.0106. The van der Waals surface area contributed by atoms with Gasteiger partial charge in [0.2, 0.25) is 5.28 Å². The Morgan fingerprint density at radius 2 is 2.04 bits per heavy atom. The molecular weight excluding hydrogens is 408 g/mol. The molecule has 2 atom stereocenters. The molecule has 1 fully saturated rings. The Morgan fingerprint density at radius 1 is 1.36 bits per heavy atom. The molecule has 0 aliphatic carbocycles. The van der Waals surface area contributed by atoms with Gasteiger partial charge >= 0.3 is 6.09 Å². The number of aromatic nitrogens is 3. The van der Waals surface area contributed by atoms with Crippen LogP contribution in [0.3, 0.4) is 0 Å². The largest absolute Gasteiger partial charge is 0.444 e. The maximum absolute atomic E-state index is 14.4. The highest BCUT2D eigenvalue weighted by molar-refractivity contribution is 6.30. The number of rotatable bonds is 2. The van der Waals surface area contributed by atoms with E-state index < -0.39 is 11.4 Å². The number of hydrogen-bond acceptors (Lipinski definition) is 6. The lowest BCUT2D eigenvalue weighted by atomic mass is 10.1. The van der Waals surface area contributed by atoms with Crippen molar-refractivity contribution in [2.75, 3.05) is 18.5 Å². The molecule has 0 N–H and O–H groups in total. The van der Waals surface area contributed by atoms with Crippen LogP contribution in [0.25, 0.3) is 10.9 Å². The molecule has 152 valence electrons. The summed E-state index contributed by atoms with van der Waals surface area (Å²) in [5, 5.41) is 0.0306. The van der Waals surface area contributed by atoms with Crippen molar-refractivity contribution < 1.29 is 13.9 Å². The first-order valence-electron chi connectivity index (χ1n) is 8.89. The molecule has 1 amide bonds. The highest BCUT2D eigenvalue weighted by atomic mass is 35.5. The van der Waals surface area contributed by atoms with Crippen LogP contribution in [0.1, 0.15) is 34.1 Å². The number of likely N-dealkylation sites (N-methyl/N-ethyl adjacent to an activating group) is 1. The van der Waals surface area contributed by atoms with E-state index in [2.05, 4.69) is 15.0 Å². The van der Waals surface area contributed by atoms with E-state index in [9.17, 15) is 9.18 Å². The van der Waals surface area contributed by atoms with Gasteiger partial charge in [0.25, 0.3) is 0 Å². The van der Waals surface area contributed by atoms with Gasteiger partial charge in [-0.3, -0.25) is 0 Å². The molecule has 10 heteroatoms. The molecule has 3 rings (SSSR count). The fraction of sp³-hybridized carbons (Fsp3) is 0.556. The summed E-state index contributed by atoms with van der Waals surface area (Å²) in [5.74, 6) is -0.311. The van der Waals surface area contributed by atoms with Gasteiger partial charge in [0, 0.05) is 19.8 Å². The Balaban J connectivity index is 1.92. The summed E-state index contributed by atoms with van der Waals surface area (Å²) in [6.07, 6.45) is 1.76. The van der Waals surface area contributed by atoms with Crippen molar-refractivity contribution in [1.82, 2.24) is 19.9 Å². The topological polar surface area (TPSA) is 71.5 Å². The molecule has 2 aromatic rings. The smallest absolute Gasteiger partial charge is 0.410 e. The predicted octanol–water partition coefficient (Wildman–Crippen LogP) is 4.30. The molecule has 1 saturated heterocycles. The maximum Gasteiger partial charge on any atom is 0.410 e. The Bertz CT molecular complexity index is 921. The number of carbonyl (C=O) groups is 1. The second-order valence-electron chi connectivity index (χ2n) is 7.82. The van der Waals surface area contributed by atoms with E-state index in [1.807, 2.05) is 39.6 Å². The molecule has 0 unspecified atom stereocenters. The highest BCUT2D eigenvalue weighted by Crippen LogP contribution is 2.33. The minimum Gasteiger partial charge on any atom is -0.444 e. The molecular formula is C18H22Cl2FN5O2. The Hall–Kier alpha value is -1.93. The fourth-order valence-electron chi connectivity index (χ4n) is 3.44. The lowest BCUT2D eigenvalue weighted by Crippen LogP contribution is -2.45. The molecule has 1 aliphatic rings. The van der Waals surface area contributed by atoms with Gasteiger partial charge < -0.3 is 14.5 Å². The van der Waals surface area contributed by atoms with Crippen molar-refractivity contribution in [2.45, 2.75) is 51.8 Å². The van der Waals surface area contributed by atoms with Gasteiger partial charge in [-0.05, 0) is 45.7 Å². The number of pyridine rings is 1. The molecule has 0 spiro atoms. The van der Waals surface area contributed by atoms with Gasteiger partial charge in [0.1, 0.15) is 16.9 Å². The highest BCUT2D eigenvalue weighted by Gasteiger charge is 2.39. The lowest BCUT2D eigenvalue weighted by Gasteiger charge is -2.33. The van der Waals surface area contributed by atoms with E-state index in [1.54, 1.807) is 4.90 Å². The summed E-state index contributed by atoms with van der Waals surface area (Å²) in [5.41, 5.74) is -0.559. The van der Waals surface area contributed by atoms with Crippen LogP contribution in [0.2, 0.25) is 10.4 Å². The zero-order chi connectivity index (χ0) is 20.8.